The predicted molar refractivity (Wildman–Crippen MR) is 73.9 cm³/mol. The van der Waals surface area contributed by atoms with Gasteiger partial charge in [-0.25, -0.2) is 0 Å². The second kappa shape index (κ2) is 8.94. The molecule has 0 aliphatic carbocycles. The number of unbranched alkanes of at least 4 members (excludes halogenated alkanes) is 1. The minimum Gasteiger partial charge on any atom is -0.393 e. The number of nitrogens with one attached hydrogen (secondary N) is 1. The molecule has 0 radical (unpaired) electrons. The van der Waals surface area contributed by atoms with Gasteiger partial charge in [0.15, 0.2) is 0 Å². The van der Waals surface area contributed by atoms with E-state index < -0.39 is 60.8 Å². The molecule has 0 rings (SSSR count). The summed E-state index contributed by atoms with van der Waals surface area (Å²) in [5, 5.41) is 10.3. The molecule has 0 aromatic heterocycles. The van der Waals surface area contributed by atoms with Crippen LogP contribution in [-0.4, -0.2) is 59.5 Å². The van der Waals surface area contributed by atoms with Crippen LogP contribution in [0.1, 0.15) is 32.6 Å². The minimum absolute atomic E-state index is 0.0652. The lowest BCUT2D eigenvalue weighted by molar-refractivity contribution is -0.436. The van der Waals surface area contributed by atoms with Crippen molar-refractivity contribution in [2.24, 2.45) is 0 Å². The second-order valence-corrected chi connectivity index (χ2v) is 6.21. The number of carbonyl (C=O) groups is 1. The highest BCUT2D eigenvalue weighted by Gasteiger charge is 2.91. The molecular formula is C14H16F13NO2. The zero-order valence-electron chi connectivity index (χ0n) is 14.9. The Morgan fingerprint density at radius 2 is 1.20 bits per heavy atom. The van der Waals surface area contributed by atoms with Crippen LogP contribution in [0.25, 0.3) is 0 Å². The van der Waals surface area contributed by atoms with Gasteiger partial charge in [0.25, 0.3) is 5.91 Å². The van der Waals surface area contributed by atoms with E-state index in [1.807, 2.05) is 0 Å². The quantitative estimate of drug-likeness (QED) is 0.421. The molecule has 1 amide bonds. The Hall–Kier alpha value is -1.48. The summed E-state index contributed by atoms with van der Waals surface area (Å²) in [5.41, 5.74) is 0. The first-order valence-corrected chi connectivity index (χ1v) is 8.05. The number of alkyl halides is 13. The summed E-state index contributed by atoms with van der Waals surface area (Å²) in [5.74, 6) is -41.7. The van der Waals surface area contributed by atoms with Crippen molar-refractivity contribution in [3.63, 3.8) is 0 Å². The van der Waals surface area contributed by atoms with Gasteiger partial charge in [-0.05, 0) is 12.8 Å². The van der Waals surface area contributed by atoms with Gasteiger partial charge < -0.3 is 10.4 Å². The number of rotatable bonds is 11. The van der Waals surface area contributed by atoms with Crippen molar-refractivity contribution in [3.8, 4) is 0 Å². The lowest BCUT2D eigenvalue weighted by Gasteiger charge is -2.39. The zero-order chi connectivity index (χ0) is 24.4. The van der Waals surface area contributed by atoms with Crippen LogP contribution in [-0.2, 0) is 4.79 Å². The summed E-state index contributed by atoms with van der Waals surface area (Å²) in [6.07, 6.45) is -8.28. The van der Waals surface area contributed by atoms with Crippen LogP contribution in [0.4, 0.5) is 57.1 Å². The van der Waals surface area contributed by atoms with Crippen LogP contribution in [0.2, 0.25) is 0 Å². The zero-order valence-corrected chi connectivity index (χ0v) is 14.9. The van der Waals surface area contributed by atoms with Gasteiger partial charge in [0.05, 0.1) is 6.10 Å². The van der Waals surface area contributed by atoms with Crippen LogP contribution in [0.3, 0.4) is 0 Å². The number of carbonyl (C=O) groups excluding carboxylic acids is 1. The molecule has 1 unspecified atom stereocenters. The van der Waals surface area contributed by atoms with Crippen LogP contribution < -0.4 is 5.32 Å². The molecule has 0 aromatic rings. The van der Waals surface area contributed by atoms with E-state index in [0.717, 1.165) is 5.32 Å². The smallest absolute Gasteiger partial charge is 0.393 e. The Labute approximate surface area is 160 Å². The van der Waals surface area contributed by atoms with Gasteiger partial charge in [0.2, 0.25) is 0 Å². The van der Waals surface area contributed by atoms with Crippen molar-refractivity contribution in [2.45, 2.75) is 74.5 Å². The monoisotopic (exact) mass is 477 g/mol. The summed E-state index contributed by atoms with van der Waals surface area (Å²) < 4.78 is 167. The molecular weight excluding hydrogens is 461 g/mol. The molecule has 0 heterocycles. The SMILES string of the molecule is CCCCC(O)CCNC(=O)C(F)(F)C(F)(F)C(F)(F)C(F)(F)C(F)(F)C(F)(F)F. The van der Waals surface area contributed by atoms with Gasteiger partial charge in [-0.3, -0.25) is 4.79 Å². The molecule has 180 valence electrons. The van der Waals surface area contributed by atoms with Crippen LogP contribution in [0.5, 0.6) is 0 Å². The molecule has 3 nitrogen and oxygen atoms in total. The molecule has 0 aliphatic rings. The summed E-state index contributed by atoms with van der Waals surface area (Å²) in [4.78, 5) is 11.1. The standard InChI is InChI=1S/C14H16F13NO2/c1-2-3-4-7(29)5-6-28-8(30)9(15,16)10(17,18)11(19,20)12(21,22)13(23,24)14(25,26)27/h7,29H,2-6H2,1H3,(H,28,30). The van der Waals surface area contributed by atoms with E-state index >= 15 is 0 Å². The van der Waals surface area contributed by atoms with Crippen molar-refractivity contribution in [1.82, 2.24) is 5.32 Å². The van der Waals surface area contributed by atoms with Crippen LogP contribution in [0.15, 0.2) is 0 Å². The molecule has 0 saturated heterocycles. The Morgan fingerprint density at radius 3 is 1.60 bits per heavy atom. The van der Waals surface area contributed by atoms with Gasteiger partial charge in [-0.15, -0.1) is 0 Å². The first kappa shape index (κ1) is 28.5. The van der Waals surface area contributed by atoms with Crippen molar-refractivity contribution >= 4 is 5.91 Å². The van der Waals surface area contributed by atoms with E-state index in [2.05, 4.69) is 0 Å². The molecule has 0 aliphatic heterocycles. The van der Waals surface area contributed by atoms with Gasteiger partial charge in [0.1, 0.15) is 0 Å². The summed E-state index contributed by atoms with van der Waals surface area (Å²) in [7, 11) is 0. The lowest BCUT2D eigenvalue weighted by Crippen LogP contribution is -2.72. The Balaban J connectivity index is 5.67. The average molecular weight is 477 g/mol. The van der Waals surface area contributed by atoms with Crippen molar-refractivity contribution in [3.05, 3.63) is 0 Å². The van der Waals surface area contributed by atoms with E-state index in [1.165, 1.54) is 0 Å². The molecule has 0 saturated carbocycles. The summed E-state index contributed by atoms with van der Waals surface area (Å²) >= 11 is 0. The third-order valence-corrected chi connectivity index (χ3v) is 3.87. The van der Waals surface area contributed by atoms with Gasteiger partial charge >= 0.3 is 35.8 Å². The third kappa shape index (κ3) is 4.88. The van der Waals surface area contributed by atoms with Gasteiger partial charge in [-0.2, -0.15) is 57.1 Å². The number of halogens is 13. The first-order valence-electron chi connectivity index (χ1n) is 8.05. The highest BCUT2D eigenvalue weighted by atomic mass is 19.4. The van der Waals surface area contributed by atoms with Crippen molar-refractivity contribution < 1.29 is 67.0 Å². The van der Waals surface area contributed by atoms with Gasteiger partial charge in [0, 0.05) is 6.54 Å². The topological polar surface area (TPSA) is 49.3 Å². The van der Waals surface area contributed by atoms with E-state index in [0.29, 0.717) is 12.8 Å². The Morgan fingerprint density at radius 1 is 0.767 bits per heavy atom. The summed E-state index contributed by atoms with van der Waals surface area (Å²) in [6, 6.07) is 0. The van der Waals surface area contributed by atoms with E-state index in [-0.39, 0.29) is 6.42 Å². The molecule has 30 heavy (non-hydrogen) atoms. The Kier molecular flexibility index (Phi) is 8.50. The molecule has 2 N–H and O–H groups in total. The molecule has 0 spiro atoms. The maximum atomic E-state index is 13.5. The average Bonchev–Trinajstić information content (AvgIpc) is 2.57. The van der Waals surface area contributed by atoms with Crippen molar-refractivity contribution in [1.29, 1.82) is 0 Å². The third-order valence-electron chi connectivity index (χ3n) is 3.87. The normalized spacial score (nSPS) is 15.8. The number of hydrogen-bond donors (Lipinski definition) is 2. The van der Waals surface area contributed by atoms with E-state index in [1.54, 1.807) is 6.92 Å². The predicted octanol–water partition coefficient (Wildman–Crippen LogP) is 4.78. The molecule has 0 aromatic carbocycles. The molecule has 0 fully saturated rings. The molecule has 16 heteroatoms. The van der Waals surface area contributed by atoms with E-state index in [9.17, 15) is 67.0 Å². The minimum atomic E-state index is -8.05. The fourth-order valence-corrected chi connectivity index (χ4v) is 1.96. The fourth-order valence-electron chi connectivity index (χ4n) is 1.96. The number of amides is 1. The largest absolute Gasteiger partial charge is 0.460 e. The molecule has 1 atom stereocenters. The van der Waals surface area contributed by atoms with Crippen LogP contribution >= 0.6 is 0 Å². The van der Waals surface area contributed by atoms with Crippen molar-refractivity contribution in [2.75, 3.05) is 6.54 Å². The first-order chi connectivity index (χ1) is 13.1. The number of aliphatic hydroxyl groups is 1. The highest BCUT2D eigenvalue weighted by molar-refractivity contribution is 5.84. The van der Waals surface area contributed by atoms with Crippen LogP contribution in [0, 0.1) is 0 Å². The maximum Gasteiger partial charge on any atom is 0.460 e. The second-order valence-electron chi connectivity index (χ2n) is 6.21. The number of aliphatic hydroxyl groups excluding tert-OH is 1. The fraction of sp³-hybridized carbons (Fsp3) is 0.929. The number of hydrogen-bond acceptors (Lipinski definition) is 2. The highest BCUT2D eigenvalue weighted by Crippen LogP contribution is 2.60. The van der Waals surface area contributed by atoms with Gasteiger partial charge in [-0.1, -0.05) is 19.8 Å². The maximum absolute atomic E-state index is 13.5. The summed E-state index contributed by atoms with van der Waals surface area (Å²) in [6.45, 7) is 0.644. The molecule has 0 bridgehead atoms. The van der Waals surface area contributed by atoms with E-state index in [4.69, 9.17) is 0 Å². The Bertz CT molecular complexity index is 589. The lowest BCUT2D eigenvalue weighted by atomic mass is 9.93.